The highest BCUT2D eigenvalue weighted by Crippen LogP contribution is 2.30. The Morgan fingerprint density at radius 3 is 2.59 bits per heavy atom. The van der Waals surface area contributed by atoms with Crippen LogP contribution in [0.25, 0.3) is 0 Å². The first-order valence-corrected chi connectivity index (χ1v) is 11.6. The molecule has 0 radical (unpaired) electrons. The van der Waals surface area contributed by atoms with Gasteiger partial charge in [-0.25, -0.2) is 0 Å². The highest BCUT2D eigenvalue weighted by molar-refractivity contribution is 8.00. The summed E-state index contributed by atoms with van der Waals surface area (Å²) in [4.78, 5) is 28.6. The Bertz CT molecular complexity index is 1130. The van der Waals surface area contributed by atoms with Crippen LogP contribution < -0.4 is 15.0 Å². The van der Waals surface area contributed by atoms with Gasteiger partial charge in [-0.1, -0.05) is 48.5 Å². The van der Waals surface area contributed by atoms with Crippen LogP contribution in [0.4, 0.5) is 5.69 Å². The number of carbonyl (C=O) groups excluding carboxylic acids is 2. The molecule has 3 aromatic rings. The zero-order chi connectivity index (χ0) is 22.5. The van der Waals surface area contributed by atoms with E-state index in [1.54, 1.807) is 13.2 Å². The lowest BCUT2D eigenvalue weighted by Gasteiger charge is -2.19. The van der Waals surface area contributed by atoms with Crippen molar-refractivity contribution < 1.29 is 14.3 Å². The van der Waals surface area contributed by atoms with Gasteiger partial charge in [0.15, 0.2) is 0 Å². The molecule has 32 heavy (non-hydrogen) atoms. The lowest BCUT2D eigenvalue weighted by molar-refractivity contribution is -0.116. The summed E-state index contributed by atoms with van der Waals surface area (Å²) in [6, 6.07) is 22.8. The summed E-state index contributed by atoms with van der Waals surface area (Å²) in [6.45, 7) is 2.64. The van der Waals surface area contributed by atoms with E-state index in [2.05, 4.69) is 11.4 Å². The van der Waals surface area contributed by atoms with Crippen molar-refractivity contribution in [3.63, 3.8) is 0 Å². The van der Waals surface area contributed by atoms with E-state index < -0.39 is 0 Å². The average molecular weight is 447 g/mol. The SMILES string of the molecule is COc1ccccc1C(C)NC(=O)c1ccccc1SCC(=O)N1CCc2ccccc21. The van der Waals surface area contributed by atoms with Crippen molar-refractivity contribution in [1.82, 2.24) is 5.32 Å². The lowest BCUT2D eigenvalue weighted by atomic mass is 10.1. The molecule has 164 valence electrons. The third kappa shape index (κ3) is 4.65. The number of hydrogen-bond donors (Lipinski definition) is 1. The van der Waals surface area contributed by atoms with Crippen LogP contribution in [0.2, 0.25) is 0 Å². The molecule has 1 aliphatic rings. The van der Waals surface area contributed by atoms with Crippen LogP contribution in [-0.2, 0) is 11.2 Å². The predicted molar refractivity (Wildman–Crippen MR) is 129 cm³/mol. The molecule has 0 spiro atoms. The Balaban J connectivity index is 1.44. The number of amides is 2. The van der Waals surface area contributed by atoms with Gasteiger partial charge >= 0.3 is 0 Å². The summed E-state index contributed by atoms with van der Waals surface area (Å²) in [5, 5.41) is 3.06. The standard InChI is InChI=1S/C26H26N2O3S/c1-18(20-10-4-7-13-23(20)31-2)27-26(30)21-11-5-8-14-24(21)32-17-25(29)28-16-15-19-9-3-6-12-22(19)28/h3-14,18H,15-17H2,1-2H3,(H,27,30). The minimum Gasteiger partial charge on any atom is -0.496 e. The third-order valence-electron chi connectivity index (χ3n) is 5.62. The number of nitrogens with one attached hydrogen (secondary N) is 1. The summed E-state index contributed by atoms with van der Waals surface area (Å²) < 4.78 is 5.42. The molecule has 1 unspecified atom stereocenters. The van der Waals surface area contributed by atoms with E-state index >= 15 is 0 Å². The number of para-hydroxylation sites is 2. The van der Waals surface area contributed by atoms with Gasteiger partial charge < -0.3 is 15.0 Å². The molecule has 0 aliphatic carbocycles. The number of ether oxygens (including phenoxy) is 1. The summed E-state index contributed by atoms with van der Waals surface area (Å²) in [5.74, 6) is 0.892. The maximum absolute atomic E-state index is 13.1. The molecule has 3 aromatic carbocycles. The van der Waals surface area contributed by atoms with E-state index in [-0.39, 0.29) is 23.6 Å². The van der Waals surface area contributed by atoms with E-state index in [1.165, 1.54) is 17.3 Å². The van der Waals surface area contributed by atoms with Crippen molar-refractivity contribution in [2.75, 3.05) is 24.3 Å². The molecule has 0 saturated heterocycles. The predicted octanol–water partition coefficient (Wildman–Crippen LogP) is 4.87. The highest BCUT2D eigenvalue weighted by atomic mass is 32.2. The minimum atomic E-state index is -0.223. The average Bonchev–Trinajstić information content (AvgIpc) is 3.27. The van der Waals surface area contributed by atoms with Gasteiger partial charge in [-0.3, -0.25) is 9.59 Å². The van der Waals surface area contributed by atoms with Crippen molar-refractivity contribution in [3.05, 3.63) is 89.5 Å². The Morgan fingerprint density at radius 1 is 1.03 bits per heavy atom. The molecule has 5 nitrogen and oxygen atoms in total. The van der Waals surface area contributed by atoms with E-state index in [1.807, 2.05) is 72.5 Å². The van der Waals surface area contributed by atoms with Crippen molar-refractivity contribution in [1.29, 1.82) is 0 Å². The summed E-state index contributed by atoms with van der Waals surface area (Å²) in [7, 11) is 1.62. The molecule has 0 aromatic heterocycles. The van der Waals surface area contributed by atoms with Crippen LogP contribution >= 0.6 is 11.8 Å². The largest absolute Gasteiger partial charge is 0.496 e. The molecule has 0 saturated carbocycles. The fourth-order valence-electron chi connectivity index (χ4n) is 3.97. The van der Waals surface area contributed by atoms with Crippen molar-refractivity contribution in [2.45, 2.75) is 24.3 Å². The van der Waals surface area contributed by atoms with Crippen LogP contribution in [-0.4, -0.2) is 31.2 Å². The topological polar surface area (TPSA) is 58.6 Å². The maximum Gasteiger partial charge on any atom is 0.252 e. The first kappa shape index (κ1) is 22.0. The smallest absolute Gasteiger partial charge is 0.252 e. The monoisotopic (exact) mass is 446 g/mol. The van der Waals surface area contributed by atoms with Gasteiger partial charge in [0.1, 0.15) is 5.75 Å². The maximum atomic E-state index is 13.1. The summed E-state index contributed by atoms with van der Waals surface area (Å²) in [6.07, 6.45) is 0.881. The first-order chi connectivity index (χ1) is 15.6. The number of hydrogen-bond acceptors (Lipinski definition) is 4. The van der Waals surface area contributed by atoms with Gasteiger partial charge in [-0.15, -0.1) is 11.8 Å². The molecule has 4 rings (SSSR count). The molecule has 1 aliphatic heterocycles. The number of anilines is 1. The van der Waals surface area contributed by atoms with E-state index in [0.29, 0.717) is 12.1 Å². The molecular formula is C26H26N2O3S. The van der Waals surface area contributed by atoms with E-state index in [4.69, 9.17) is 4.74 Å². The Labute approximate surface area is 192 Å². The van der Waals surface area contributed by atoms with Crippen LogP contribution in [0.5, 0.6) is 5.75 Å². The molecule has 6 heteroatoms. The van der Waals surface area contributed by atoms with Gasteiger partial charge in [-0.05, 0) is 43.2 Å². The number of rotatable bonds is 7. The zero-order valence-electron chi connectivity index (χ0n) is 18.2. The second-order valence-corrected chi connectivity index (χ2v) is 8.66. The number of thioether (sulfide) groups is 1. The Morgan fingerprint density at radius 2 is 1.75 bits per heavy atom. The van der Waals surface area contributed by atoms with Crippen LogP contribution in [0.3, 0.4) is 0 Å². The van der Waals surface area contributed by atoms with E-state index in [0.717, 1.165) is 28.3 Å². The summed E-state index contributed by atoms with van der Waals surface area (Å²) >= 11 is 1.40. The Kier molecular flexibility index (Phi) is 6.81. The molecule has 1 atom stereocenters. The van der Waals surface area contributed by atoms with Gasteiger partial charge in [0, 0.05) is 22.7 Å². The molecule has 0 fully saturated rings. The fourth-order valence-corrected chi connectivity index (χ4v) is 4.90. The molecule has 1 N–H and O–H groups in total. The van der Waals surface area contributed by atoms with Crippen LogP contribution in [0.15, 0.2) is 77.7 Å². The normalized spacial score (nSPS) is 13.4. The highest BCUT2D eigenvalue weighted by Gasteiger charge is 2.24. The van der Waals surface area contributed by atoms with Crippen molar-refractivity contribution in [3.8, 4) is 5.75 Å². The number of nitrogens with zero attached hydrogens (tertiary/aromatic N) is 1. The minimum absolute atomic E-state index is 0.0533. The molecule has 0 bridgehead atoms. The lowest BCUT2D eigenvalue weighted by Crippen LogP contribution is -2.30. The molecular weight excluding hydrogens is 420 g/mol. The zero-order valence-corrected chi connectivity index (χ0v) is 19.0. The van der Waals surface area contributed by atoms with Gasteiger partial charge in [0.2, 0.25) is 5.91 Å². The first-order valence-electron chi connectivity index (χ1n) is 10.6. The fraction of sp³-hybridized carbons (Fsp3) is 0.231. The Hall–Kier alpha value is -3.25. The number of carbonyl (C=O) groups is 2. The van der Waals surface area contributed by atoms with Gasteiger partial charge in [-0.2, -0.15) is 0 Å². The number of fused-ring (bicyclic) bond motifs is 1. The van der Waals surface area contributed by atoms with Gasteiger partial charge in [0.25, 0.3) is 5.91 Å². The van der Waals surface area contributed by atoms with Crippen LogP contribution in [0, 0.1) is 0 Å². The number of methoxy groups -OCH3 is 1. The van der Waals surface area contributed by atoms with Gasteiger partial charge in [0.05, 0.1) is 24.5 Å². The molecule has 1 heterocycles. The van der Waals surface area contributed by atoms with Crippen molar-refractivity contribution >= 4 is 29.3 Å². The van der Waals surface area contributed by atoms with Crippen LogP contribution in [0.1, 0.15) is 34.5 Å². The second kappa shape index (κ2) is 9.92. The third-order valence-corrected chi connectivity index (χ3v) is 6.68. The van der Waals surface area contributed by atoms with E-state index in [9.17, 15) is 9.59 Å². The quantitative estimate of drug-likeness (QED) is 0.526. The second-order valence-electron chi connectivity index (χ2n) is 7.65. The molecule has 2 amide bonds. The number of benzene rings is 3. The summed E-state index contributed by atoms with van der Waals surface area (Å²) in [5.41, 5.74) is 3.68. The van der Waals surface area contributed by atoms with Crippen molar-refractivity contribution in [2.24, 2.45) is 0 Å².